The second-order valence-electron chi connectivity index (χ2n) is 1.70. The van der Waals surface area contributed by atoms with Crippen molar-refractivity contribution in [1.29, 1.82) is 0 Å². The van der Waals surface area contributed by atoms with Crippen LogP contribution in [0.1, 0.15) is 6.92 Å². The first-order valence-corrected chi connectivity index (χ1v) is 5.28. The summed E-state index contributed by atoms with van der Waals surface area (Å²) in [5.74, 6) is -0.833. The Bertz CT molecular complexity index is 198. The van der Waals surface area contributed by atoms with Gasteiger partial charge >= 0.3 is 8.25 Å². The molecule has 1 rings (SSSR count). The highest BCUT2D eigenvalue weighted by molar-refractivity contribution is 8.00. The summed E-state index contributed by atoms with van der Waals surface area (Å²) in [5, 5.41) is 9.40. The van der Waals surface area contributed by atoms with Gasteiger partial charge in [-0.05, 0) is 23.4 Å². The second-order valence-corrected chi connectivity index (χ2v) is 2.94. The number of nitrogens with one attached hydrogen (secondary N) is 1. The molecule has 0 aromatic carbocycles. The molecule has 14 heavy (non-hydrogen) atoms. The number of allylic oxidation sites excluding steroid dienone is 2. The van der Waals surface area contributed by atoms with Gasteiger partial charge in [0.2, 0.25) is 0 Å². The van der Waals surface area contributed by atoms with Crippen LogP contribution in [0.5, 0.6) is 0 Å². The fraction of sp³-hybridized carbons (Fsp3) is 0.167. The minimum Gasteiger partial charge on any atom is -0.481 e. The minimum atomic E-state index is -2.87. The molecule has 0 unspecified atom stereocenters. The molecule has 1 aliphatic heterocycles. The van der Waals surface area contributed by atoms with Crippen LogP contribution in [0.15, 0.2) is 23.8 Å². The van der Waals surface area contributed by atoms with Crippen LogP contribution >= 0.6 is 20.2 Å². The van der Waals surface area contributed by atoms with E-state index in [0.29, 0.717) is 0 Å². The Kier molecular flexibility index (Phi) is 13.5. The summed E-state index contributed by atoms with van der Waals surface area (Å²) in [7, 11) is -2.87. The van der Waals surface area contributed by atoms with Crippen LogP contribution < -0.4 is 4.72 Å². The van der Waals surface area contributed by atoms with Gasteiger partial charge in [-0.25, -0.2) is 0 Å². The Balaban J connectivity index is 0. The topological polar surface area (TPSA) is 107 Å². The van der Waals surface area contributed by atoms with Gasteiger partial charge in [0.15, 0.2) is 0 Å². The number of carboxylic acids is 1. The molecule has 0 amide bonds. The third-order valence-electron chi connectivity index (χ3n) is 0.490. The summed E-state index contributed by atoms with van der Waals surface area (Å²) in [6.45, 7) is 1.08. The Hall–Kier alpha value is -0.880. The molecule has 1 aliphatic rings. The monoisotopic (exact) mass is 240 g/mol. The molecule has 0 aromatic heterocycles. The maximum Gasteiger partial charge on any atom is 0.692 e. The zero-order valence-electron chi connectivity index (χ0n) is 7.32. The average molecular weight is 240 g/mol. The van der Waals surface area contributed by atoms with Crippen LogP contribution in [-0.4, -0.2) is 20.9 Å². The fourth-order valence-electron chi connectivity index (χ4n) is 0.258. The second kappa shape index (κ2) is 12.1. The van der Waals surface area contributed by atoms with Crippen molar-refractivity contribution in [3.63, 3.8) is 0 Å². The third kappa shape index (κ3) is 43.4. The molecular formula is C6H11NO5PS+. The van der Waals surface area contributed by atoms with E-state index in [-0.39, 0.29) is 0 Å². The fourth-order valence-corrected chi connectivity index (χ4v) is 0.663. The lowest BCUT2D eigenvalue weighted by Crippen LogP contribution is -1.88. The number of hydrogen-bond donors (Lipinski definition) is 4. The number of rotatable bonds is 0. The Morgan fingerprint density at radius 3 is 1.93 bits per heavy atom. The van der Waals surface area contributed by atoms with E-state index in [9.17, 15) is 0 Å². The first-order valence-electron chi connectivity index (χ1n) is 3.24. The third-order valence-corrected chi connectivity index (χ3v) is 1.06. The molecule has 6 nitrogen and oxygen atoms in total. The highest BCUT2D eigenvalue weighted by Gasteiger charge is 1.93. The van der Waals surface area contributed by atoms with Crippen molar-refractivity contribution in [3.05, 3.63) is 23.8 Å². The Labute approximate surface area is 86.4 Å². The quantitative estimate of drug-likeness (QED) is 0.369. The Morgan fingerprint density at radius 1 is 1.43 bits per heavy atom. The normalized spacial score (nSPS) is 11.1. The van der Waals surface area contributed by atoms with Crippen LogP contribution in [-0.2, 0) is 9.36 Å². The number of aliphatic carboxylic acids is 1. The number of hydrogen-bond acceptors (Lipinski definition) is 4. The zero-order valence-corrected chi connectivity index (χ0v) is 9.03. The lowest BCUT2D eigenvalue weighted by atomic mass is 10.6. The Morgan fingerprint density at radius 2 is 1.86 bits per heavy atom. The van der Waals surface area contributed by atoms with Crippen LogP contribution in [0.25, 0.3) is 0 Å². The SMILES string of the molecule is C1=CNSC=C1.CC(=O)O.O=[P+](O)O. The van der Waals surface area contributed by atoms with Gasteiger partial charge in [-0.1, -0.05) is 6.08 Å². The standard InChI is InChI=1S/C4H5NS.C2H4O2.HO3P/c1-2-4-6-5-3-1;1-2(3)4;1-4(2)3/h1-5H;1H3,(H,3,4);(H-,1,2,3)/p+1. The summed E-state index contributed by atoms with van der Waals surface area (Å²) in [6.07, 6.45) is 5.84. The predicted molar refractivity (Wildman–Crippen MR) is 54.4 cm³/mol. The van der Waals surface area contributed by atoms with E-state index < -0.39 is 14.2 Å². The highest BCUT2D eigenvalue weighted by atomic mass is 32.2. The summed E-state index contributed by atoms with van der Waals surface area (Å²) in [5.41, 5.74) is 0. The van der Waals surface area contributed by atoms with Crippen molar-refractivity contribution >= 4 is 26.2 Å². The van der Waals surface area contributed by atoms with E-state index in [2.05, 4.69) is 4.72 Å². The summed E-state index contributed by atoms with van der Waals surface area (Å²) >= 11 is 1.58. The highest BCUT2D eigenvalue weighted by Crippen LogP contribution is 1.99. The summed E-state index contributed by atoms with van der Waals surface area (Å²) < 4.78 is 11.6. The van der Waals surface area contributed by atoms with Crippen LogP contribution in [0.3, 0.4) is 0 Å². The van der Waals surface area contributed by atoms with E-state index in [1.807, 2.05) is 23.8 Å². The van der Waals surface area contributed by atoms with Crippen molar-refractivity contribution < 1.29 is 24.3 Å². The molecule has 0 aromatic rings. The van der Waals surface area contributed by atoms with Crippen molar-refractivity contribution in [2.45, 2.75) is 6.92 Å². The first kappa shape index (κ1) is 15.6. The molecule has 0 radical (unpaired) electrons. The van der Waals surface area contributed by atoms with E-state index in [1.165, 1.54) is 0 Å². The summed E-state index contributed by atoms with van der Waals surface area (Å²) in [4.78, 5) is 23.2. The van der Waals surface area contributed by atoms with E-state index in [0.717, 1.165) is 6.92 Å². The molecule has 0 atom stereocenters. The molecule has 1 heterocycles. The molecular weight excluding hydrogens is 229 g/mol. The smallest absolute Gasteiger partial charge is 0.481 e. The van der Waals surface area contributed by atoms with Gasteiger partial charge in [-0.2, -0.15) is 0 Å². The maximum absolute atomic E-state index is 9.00. The summed E-state index contributed by atoms with van der Waals surface area (Å²) in [6, 6.07) is 0. The number of carbonyl (C=O) groups is 1. The average Bonchev–Trinajstić information content (AvgIpc) is 2.05. The number of carboxylic acid groups (broad SMARTS) is 1. The van der Waals surface area contributed by atoms with Crippen LogP contribution in [0.2, 0.25) is 0 Å². The van der Waals surface area contributed by atoms with Crippen molar-refractivity contribution in [1.82, 2.24) is 4.72 Å². The van der Waals surface area contributed by atoms with Crippen molar-refractivity contribution in [2.75, 3.05) is 0 Å². The van der Waals surface area contributed by atoms with Gasteiger partial charge in [0, 0.05) is 17.7 Å². The van der Waals surface area contributed by atoms with Crippen molar-refractivity contribution in [3.8, 4) is 0 Å². The molecule has 4 N–H and O–H groups in total. The van der Waals surface area contributed by atoms with Crippen molar-refractivity contribution in [2.24, 2.45) is 0 Å². The molecule has 8 heteroatoms. The minimum absolute atomic E-state index is 0.833. The lowest BCUT2D eigenvalue weighted by Gasteiger charge is -1.93. The van der Waals surface area contributed by atoms with Crippen LogP contribution in [0.4, 0.5) is 0 Å². The van der Waals surface area contributed by atoms with Gasteiger partial charge in [0.25, 0.3) is 5.97 Å². The lowest BCUT2D eigenvalue weighted by molar-refractivity contribution is -0.134. The zero-order chi connectivity index (χ0) is 11.4. The molecule has 0 spiro atoms. The molecule has 0 bridgehead atoms. The van der Waals surface area contributed by atoms with Gasteiger partial charge < -0.3 is 9.83 Å². The molecule has 0 fully saturated rings. The largest absolute Gasteiger partial charge is 0.692 e. The maximum atomic E-state index is 9.00. The predicted octanol–water partition coefficient (Wildman–Crippen LogP) is 0.984. The van der Waals surface area contributed by atoms with E-state index in [1.54, 1.807) is 11.9 Å². The van der Waals surface area contributed by atoms with Gasteiger partial charge in [0.05, 0.1) is 0 Å². The van der Waals surface area contributed by atoms with Crippen LogP contribution in [0, 0.1) is 0 Å². The van der Waals surface area contributed by atoms with Gasteiger partial charge in [-0.15, -0.1) is 9.79 Å². The first-order chi connectivity index (χ1) is 6.46. The molecule has 0 saturated carbocycles. The van der Waals surface area contributed by atoms with Gasteiger partial charge in [-0.3, -0.25) is 4.79 Å². The van der Waals surface area contributed by atoms with E-state index in [4.69, 9.17) is 24.3 Å². The molecule has 0 saturated heterocycles. The van der Waals surface area contributed by atoms with Gasteiger partial charge in [0.1, 0.15) is 0 Å². The molecule has 0 aliphatic carbocycles. The van der Waals surface area contributed by atoms with E-state index >= 15 is 0 Å². The molecule has 80 valence electrons.